The van der Waals surface area contributed by atoms with Gasteiger partial charge in [-0.1, -0.05) is 13.8 Å². The molecule has 204 valence electrons. The minimum atomic E-state index is -0.974. The number of hydrogen-bond donors (Lipinski definition) is 0. The number of hydrogen-bond acceptors (Lipinski definition) is 10. The van der Waals surface area contributed by atoms with E-state index < -0.39 is 46.8 Å². The molecule has 1 aromatic heterocycles. The van der Waals surface area contributed by atoms with Crippen molar-refractivity contribution < 1.29 is 47.3 Å². The second-order valence-corrected chi connectivity index (χ2v) is 10.9. The van der Waals surface area contributed by atoms with Crippen LogP contribution in [-0.2, 0) is 42.9 Å². The lowest BCUT2D eigenvalue weighted by molar-refractivity contribution is -0.210. The lowest BCUT2D eigenvalue weighted by atomic mass is 9.43. The Hall–Kier alpha value is -2.72. The number of carbonyl (C=O) groups is 4. The van der Waals surface area contributed by atoms with Crippen LogP contribution in [0.3, 0.4) is 0 Å². The zero-order valence-electron chi connectivity index (χ0n) is 21.9. The summed E-state index contributed by atoms with van der Waals surface area (Å²) in [7, 11) is 1.54. The minimum absolute atomic E-state index is 0.0564. The Morgan fingerprint density at radius 1 is 1.16 bits per heavy atom. The van der Waals surface area contributed by atoms with Crippen LogP contribution in [0.25, 0.3) is 0 Å². The van der Waals surface area contributed by atoms with Gasteiger partial charge in [-0.25, -0.2) is 4.79 Å². The van der Waals surface area contributed by atoms with Crippen LogP contribution in [0, 0.1) is 28.6 Å². The number of ether oxygens (including phenoxy) is 5. The van der Waals surface area contributed by atoms with E-state index in [1.54, 1.807) is 19.4 Å². The van der Waals surface area contributed by atoms with E-state index in [1.165, 1.54) is 13.2 Å². The number of ketones is 1. The van der Waals surface area contributed by atoms with E-state index in [0.717, 1.165) is 5.56 Å². The molecule has 0 spiro atoms. The monoisotopic (exact) mass is 520 g/mol. The predicted molar refractivity (Wildman–Crippen MR) is 127 cm³/mol. The van der Waals surface area contributed by atoms with E-state index in [9.17, 15) is 19.2 Å². The molecule has 1 saturated heterocycles. The van der Waals surface area contributed by atoms with Crippen molar-refractivity contribution in [2.45, 2.75) is 58.7 Å². The van der Waals surface area contributed by atoms with E-state index >= 15 is 0 Å². The van der Waals surface area contributed by atoms with Gasteiger partial charge in [0.15, 0.2) is 11.9 Å². The van der Waals surface area contributed by atoms with Crippen LogP contribution in [-0.4, -0.2) is 63.3 Å². The van der Waals surface area contributed by atoms with Gasteiger partial charge < -0.3 is 28.1 Å². The van der Waals surface area contributed by atoms with Gasteiger partial charge in [0.25, 0.3) is 0 Å². The quantitative estimate of drug-likeness (QED) is 0.272. The molecule has 1 aromatic rings. The van der Waals surface area contributed by atoms with Crippen molar-refractivity contribution in [3.05, 3.63) is 24.2 Å². The molecule has 0 N–H and O–H groups in total. The van der Waals surface area contributed by atoms with Crippen LogP contribution in [0.15, 0.2) is 23.0 Å². The first-order chi connectivity index (χ1) is 17.6. The third kappa shape index (κ3) is 5.31. The fourth-order valence-electron chi connectivity index (χ4n) is 6.86. The second-order valence-electron chi connectivity index (χ2n) is 10.9. The van der Waals surface area contributed by atoms with Crippen LogP contribution in [0.4, 0.5) is 0 Å². The number of carbonyl (C=O) groups excluding carboxylic acids is 4. The van der Waals surface area contributed by atoms with Gasteiger partial charge in [-0.05, 0) is 42.6 Å². The van der Waals surface area contributed by atoms with Gasteiger partial charge >= 0.3 is 17.9 Å². The topological polar surface area (TPSA) is 128 Å². The van der Waals surface area contributed by atoms with Crippen molar-refractivity contribution in [2.24, 2.45) is 28.6 Å². The van der Waals surface area contributed by atoms with Gasteiger partial charge in [-0.15, -0.1) is 0 Å². The van der Waals surface area contributed by atoms with E-state index in [2.05, 4.69) is 0 Å². The molecule has 2 saturated carbocycles. The first kappa shape index (κ1) is 27.3. The van der Waals surface area contributed by atoms with E-state index in [1.807, 2.05) is 13.8 Å². The maximum absolute atomic E-state index is 14.0. The van der Waals surface area contributed by atoms with Gasteiger partial charge in [-0.3, -0.25) is 14.4 Å². The zero-order chi connectivity index (χ0) is 26.8. The summed E-state index contributed by atoms with van der Waals surface area (Å²) >= 11 is 0. The molecule has 1 aliphatic heterocycles. The molecule has 4 rings (SSSR count). The summed E-state index contributed by atoms with van der Waals surface area (Å²) in [5, 5.41) is 0. The highest BCUT2D eigenvalue weighted by atomic mass is 16.6. The average molecular weight is 521 g/mol. The molecule has 3 fully saturated rings. The normalized spacial score (nSPS) is 35.2. The molecule has 2 aliphatic carbocycles. The SMILES string of the molecule is COCCOCC(=O)OC[C@@H]1C[C@H](OC(C)=O)C(=O)[C@H]2[C@@]1(C)CC[C@@H]1C(=O)O[C@H](c3ccoc3)C[C@]21C. The van der Waals surface area contributed by atoms with Gasteiger partial charge in [-0.2, -0.15) is 0 Å². The summed E-state index contributed by atoms with van der Waals surface area (Å²) in [6, 6.07) is 1.75. The van der Waals surface area contributed by atoms with Crippen LogP contribution in [0.1, 0.15) is 58.1 Å². The Labute approximate surface area is 216 Å². The van der Waals surface area contributed by atoms with E-state index in [-0.39, 0.29) is 43.9 Å². The van der Waals surface area contributed by atoms with Crippen molar-refractivity contribution in [1.29, 1.82) is 0 Å². The predicted octanol–water partition coefficient (Wildman–Crippen LogP) is 3.03. The fraction of sp³-hybridized carbons (Fsp3) is 0.704. The number of fused-ring (bicyclic) bond motifs is 3. The minimum Gasteiger partial charge on any atom is -0.472 e. The highest BCUT2D eigenvalue weighted by Gasteiger charge is 2.66. The maximum Gasteiger partial charge on any atom is 0.332 e. The molecule has 2 heterocycles. The molecule has 37 heavy (non-hydrogen) atoms. The molecule has 3 aliphatic rings. The highest BCUT2D eigenvalue weighted by molar-refractivity contribution is 5.91. The Morgan fingerprint density at radius 3 is 2.62 bits per heavy atom. The van der Waals surface area contributed by atoms with Crippen molar-refractivity contribution in [2.75, 3.05) is 33.5 Å². The van der Waals surface area contributed by atoms with Crippen LogP contribution in [0.5, 0.6) is 0 Å². The summed E-state index contributed by atoms with van der Waals surface area (Å²) < 4.78 is 32.2. The number of methoxy groups -OCH3 is 1. The molecule has 10 nitrogen and oxygen atoms in total. The number of esters is 3. The standard InChI is InChI=1S/C27H36O10/c1-16(28)36-20-11-18(14-35-22(29)15-34-10-9-32-4)26(2)7-5-19-25(31)37-21(17-6-8-33-13-17)12-27(19,3)24(26)23(20)30/h6,8,13,18-21,24H,5,7,9-12,14-15H2,1-4H3/t18-,19+,20-,21-,24-,26-,27-/m0/s1. The smallest absolute Gasteiger partial charge is 0.332 e. The molecule has 0 bridgehead atoms. The van der Waals surface area contributed by atoms with Gasteiger partial charge in [0, 0.05) is 31.4 Å². The molecule has 0 aromatic carbocycles. The first-order valence-corrected chi connectivity index (χ1v) is 12.8. The van der Waals surface area contributed by atoms with Crippen molar-refractivity contribution in [1.82, 2.24) is 0 Å². The summed E-state index contributed by atoms with van der Waals surface area (Å²) in [5.74, 6) is -2.91. The van der Waals surface area contributed by atoms with Crippen LogP contribution in [0.2, 0.25) is 0 Å². The van der Waals surface area contributed by atoms with Crippen molar-refractivity contribution in [3.63, 3.8) is 0 Å². The molecule has 0 unspecified atom stereocenters. The molecule has 0 amide bonds. The number of furan rings is 1. The number of rotatable bonds is 9. The Morgan fingerprint density at radius 2 is 1.95 bits per heavy atom. The number of cyclic esters (lactones) is 1. The maximum atomic E-state index is 14.0. The van der Waals surface area contributed by atoms with Crippen molar-refractivity contribution in [3.8, 4) is 0 Å². The Balaban J connectivity index is 1.60. The largest absolute Gasteiger partial charge is 0.472 e. The first-order valence-electron chi connectivity index (χ1n) is 12.8. The summed E-state index contributed by atoms with van der Waals surface area (Å²) in [4.78, 5) is 51.4. The molecular formula is C27H36O10. The molecule has 0 radical (unpaired) electrons. The molecule has 10 heteroatoms. The summed E-state index contributed by atoms with van der Waals surface area (Å²) in [6.07, 6.45) is 3.36. The lowest BCUT2D eigenvalue weighted by Gasteiger charge is -2.61. The van der Waals surface area contributed by atoms with Crippen LogP contribution < -0.4 is 0 Å². The third-order valence-electron chi connectivity index (χ3n) is 8.61. The summed E-state index contributed by atoms with van der Waals surface area (Å²) in [6.45, 7) is 5.75. The van der Waals surface area contributed by atoms with E-state index in [0.29, 0.717) is 25.9 Å². The van der Waals surface area contributed by atoms with Gasteiger partial charge in [0.2, 0.25) is 0 Å². The van der Waals surface area contributed by atoms with E-state index in [4.69, 9.17) is 28.1 Å². The average Bonchev–Trinajstić information content (AvgIpc) is 3.37. The highest BCUT2D eigenvalue weighted by Crippen LogP contribution is 2.65. The van der Waals surface area contributed by atoms with Gasteiger partial charge in [0.05, 0.1) is 38.3 Å². The molecule has 7 atom stereocenters. The molecular weight excluding hydrogens is 484 g/mol. The fourth-order valence-corrected chi connectivity index (χ4v) is 6.86. The van der Waals surface area contributed by atoms with Gasteiger partial charge in [0.1, 0.15) is 12.7 Å². The zero-order valence-corrected chi connectivity index (χ0v) is 21.9. The lowest BCUT2D eigenvalue weighted by Crippen LogP contribution is -2.64. The second kappa shape index (κ2) is 10.9. The summed E-state index contributed by atoms with van der Waals surface area (Å²) in [5.41, 5.74) is -0.584. The van der Waals surface area contributed by atoms with Crippen molar-refractivity contribution >= 4 is 23.7 Å². The Bertz CT molecular complexity index is 1000. The number of Topliss-reactive ketones (excluding diaryl/α,β-unsaturated/α-hetero) is 1. The Kier molecular flexibility index (Phi) is 8.08. The van der Waals surface area contributed by atoms with Crippen LogP contribution >= 0.6 is 0 Å². The third-order valence-corrected chi connectivity index (χ3v) is 8.61.